The Hall–Kier alpha value is -0.500. The van der Waals surface area contributed by atoms with Gasteiger partial charge in [-0.2, -0.15) is 0 Å². The maximum atomic E-state index is 2.25. The van der Waals surface area contributed by atoms with Crippen LogP contribution < -0.4 is 0 Å². The Bertz CT molecular complexity index is 87.7. The summed E-state index contributed by atoms with van der Waals surface area (Å²) < 4.78 is 0. The van der Waals surface area contributed by atoms with E-state index in [1.165, 1.54) is 13.1 Å². The van der Waals surface area contributed by atoms with Gasteiger partial charge in [-0.1, -0.05) is 0 Å². The first kappa shape index (κ1) is 2.64. The maximum Gasteiger partial charge on any atom is 0.0390 e. The topological polar surface area (TPSA) is 6.02 Å². The monoisotopic (exact) mass is 82.1 g/mol. The zero-order chi connectivity index (χ0) is 3.98. The van der Waals surface area contributed by atoms with E-state index in [0.29, 0.717) is 0 Å². The summed E-state index contributed by atoms with van der Waals surface area (Å²) >= 11 is 0. The molecule has 2 heterocycles. The van der Waals surface area contributed by atoms with Gasteiger partial charge in [-0.25, -0.2) is 5.01 Å². The highest BCUT2D eigenvalue weighted by Crippen LogP contribution is 2.17. The van der Waals surface area contributed by atoms with Crippen LogP contribution in [0.2, 0.25) is 0 Å². The molecule has 0 bridgehead atoms. The Balaban J connectivity index is 1.94. The van der Waals surface area contributed by atoms with E-state index in [1.807, 2.05) is 0 Å². The van der Waals surface area contributed by atoms with E-state index in [2.05, 4.69) is 22.4 Å². The van der Waals surface area contributed by atoms with Crippen molar-refractivity contribution in [2.75, 3.05) is 13.1 Å². The fraction of sp³-hybridized carbons (Fsp3) is 0.500. The molecule has 1 fully saturated rings. The minimum Gasteiger partial charge on any atom is -0.286 e. The molecule has 2 rings (SSSR count). The quantitative estimate of drug-likeness (QED) is 0.411. The highest BCUT2D eigenvalue weighted by atomic mass is 15.7. The minimum absolute atomic E-state index is 1.26. The molecule has 0 aliphatic carbocycles. The molecule has 0 aromatic rings. The van der Waals surface area contributed by atoms with Crippen LogP contribution in [0.5, 0.6) is 0 Å². The van der Waals surface area contributed by atoms with Gasteiger partial charge in [0.25, 0.3) is 0 Å². The molecule has 2 aliphatic heterocycles. The second kappa shape index (κ2) is 0.611. The van der Waals surface area contributed by atoms with Gasteiger partial charge in [0, 0.05) is 25.5 Å². The van der Waals surface area contributed by atoms with E-state index >= 15 is 0 Å². The number of hydrogen-bond acceptors (Lipinski definition) is 2. The van der Waals surface area contributed by atoms with Crippen LogP contribution in [0.3, 0.4) is 0 Å². The van der Waals surface area contributed by atoms with E-state index in [0.717, 1.165) is 0 Å². The molecule has 32 valence electrons. The fourth-order valence-corrected chi connectivity index (χ4v) is 0.494. The highest BCUT2D eigenvalue weighted by molar-refractivity contribution is 5.01. The summed E-state index contributed by atoms with van der Waals surface area (Å²) in [7, 11) is 0. The Labute approximate surface area is 36.6 Å². The summed E-state index contributed by atoms with van der Waals surface area (Å²) in [5.74, 6) is 0. The number of hydrazine groups is 1. The summed E-state index contributed by atoms with van der Waals surface area (Å²) in [4.78, 5) is 0. The summed E-state index contributed by atoms with van der Waals surface area (Å²) in [6, 6.07) is 0. The first-order valence-electron chi connectivity index (χ1n) is 2.18. The average molecular weight is 82.1 g/mol. The van der Waals surface area contributed by atoms with Crippen molar-refractivity contribution in [3.63, 3.8) is 0 Å². The fourth-order valence-electron chi connectivity index (χ4n) is 0.494. The largest absolute Gasteiger partial charge is 0.286 e. The summed E-state index contributed by atoms with van der Waals surface area (Å²) in [6.45, 7) is 2.51. The molecular formula is C4H6N2. The lowest BCUT2D eigenvalue weighted by Crippen LogP contribution is -2.02. The molecule has 0 spiro atoms. The van der Waals surface area contributed by atoms with Gasteiger partial charge in [0.1, 0.15) is 0 Å². The second-order valence-corrected chi connectivity index (χ2v) is 1.63. The number of hydrogen-bond donors (Lipinski definition) is 0. The van der Waals surface area contributed by atoms with Crippen molar-refractivity contribution in [1.82, 2.24) is 10.0 Å². The van der Waals surface area contributed by atoms with Crippen LogP contribution in [0.15, 0.2) is 12.4 Å². The van der Waals surface area contributed by atoms with Crippen LogP contribution in [0.1, 0.15) is 0 Å². The second-order valence-electron chi connectivity index (χ2n) is 1.63. The SMILES string of the molecule is C1=CN1N1CC1. The zero-order valence-corrected chi connectivity index (χ0v) is 3.46. The minimum atomic E-state index is 1.26. The lowest BCUT2D eigenvalue weighted by Gasteiger charge is -1.96. The first-order valence-corrected chi connectivity index (χ1v) is 2.18. The van der Waals surface area contributed by atoms with E-state index < -0.39 is 0 Å². The third kappa shape index (κ3) is 0.242. The van der Waals surface area contributed by atoms with Gasteiger partial charge >= 0.3 is 0 Å². The van der Waals surface area contributed by atoms with Gasteiger partial charge in [-0.05, 0) is 0 Å². The maximum absolute atomic E-state index is 2.25. The van der Waals surface area contributed by atoms with Gasteiger partial charge in [0.05, 0.1) is 0 Å². The van der Waals surface area contributed by atoms with Crippen molar-refractivity contribution in [2.24, 2.45) is 0 Å². The molecule has 0 saturated carbocycles. The molecular weight excluding hydrogens is 76.1 g/mol. The molecule has 0 aromatic carbocycles. The predicted octanol–water partition coefficient (Wildman–Crippen LogP) is 0.00380. The molecule has 2 heteroatoms. The molecule has 2 nitrogen and oxygen atoms in total. The van der Waals surface area contributed by atoms with Crippen LogP contribution in [0, 0.1) is 0 Å². The van der Waals surface area contributed by atoms with Crippen LogP contribution in [-0.2, 0) is 0 Å². The number of rotatable bonds is 1. The van der Waals surface area contributed by atoms with Gasteiger partial charge < -0.3 is 0 Å². The molecule has 0 radical (unpaired) electrons. The molecule has 2 aliphatic rings. The van der Waals surface area contributed by atoms with E-state index in [9.17, 15) is 0 Å². The molecule has 1 saturated heterocycles. The first-order chi connectivity index (χ1) is 2.97. The third-order valence-electron chi connectivity index (χ3n) is 1.03. The number of nitrogens with zero attached hydrogens (tertiary/aromatic N) is 2. The van der Waals surface area contributed by atoms with Crippen molar-refractivity contribution in [3.05, 3.63) is 12.4 Å². The molecule has 0 N–H and O–H groups in total. The Morgan fingerprint density at radius 2 is 1.83 bits per heavy atom. The summed E-state index contributed by atoms with van der Waals surface area (Å²) in [5, 5.41) is 4.36. The van der Waals surface area contributed by atoms with Crippen molar-refractivity contribution >= 4 is 0 Å². The van der Waals surface area contributed by atoms with E-state index in [1.54, 1.807) is 0 Å². The zero-order valence-electron chi connectivity index (χ0n) is 3.46. The van der Waals surface area contributed by atoms with Crippen molar-refractivity contribution in [3.8, 4) is 0 Å². The van der Waals surface area contributed by atoms with Gasteiger partial charge in [0.15, 0.2) is 0 Å². The molecule has 0 amide bonds. The van der Waals surface area contributed by atoms with Gasteiger partial charge in [-0.3, -0.25) is 5.01 Å². The summed E-state index contributed by atoms with van der Waals surface area (Å²) in [5.41, 5.74) is 0. The predicted molar refractivity (Wildman–Crippen MR) is 22.6 cm³/mol. The Morgan fingerprint density at radius 1 is 1.17 bits per heavy atom. The van der Waals surface area contributed by atoms with Crippen LogP contribution in [0.4, 0.5) is 0 Å². The van der Waals surface area contributed by atoms with E-state index in [-0.39, 0.29) is 0 Å². The summed E-state index contributed by atoms with van der Waals surface area (Å²) in [6.07, 6.45) is 4.12. The lowest BCUT2D eigenvalue weighted by molar-refractivity contribution is 0.295. The van der Waals surface area contributed by atoms with Crippen molar-refractivity contribution in [1.29, 1.82) is 0 Å². The third-order valence-corrected chi connectivity index (χ3v) is 1.03. The smallest absolute Gasteiger partial charge is 0.0390 e. The van der Waals surface area contributed by atoms with Crippen molar-refractivity contribution in [2.45, 2.75) is 0 Å². The molecule has 6 heavy (non-hydrogen) atoms. The average Bonchev–Trinajstić information content (AvgIpc) is 2.26. The Kier molecular flexibility index (Phi) is 0.268. The standard InChI is InChI=1S/C4H6N2/c1-2-5(1)6-3-4-6/h1-2H,3-4H2. The van der Waals surface area contributed by atoms with Crippen LogP contribution in [0.25, 0.3) is 0 Å². The lowest BCUT2D eigenvalue weighted by atomic mass is 11.0. The van der Waals surface area contributed by atoms with Crippen LogP contribution in [-0.4, -0.2) is 23.1 Å². The van der Waals surface area contributed by atoms with E-state index in [4.69, 9.17) is 0 Å². The van der Waals surface area contributed by atoms with Crippen molar-refractivity contribution < 1.29 is 0 Å². The Morgan fingerprint density at radius 3 is 2.00 bits per heavy atom. The normalized spacial score (nSPS) is 28.3. The van der Waals surface area contributed by atoms with Gasteiger partial charge in [-0.15, -0.1) is 0 Å². The van der Waals surface area contributed by atoms with Gasteiger partial charge in [0.2, 0.25) is 0 Å². The van der Waals surface area contributed by atoms with Crippen LogP contribution >= 0.6 is 0 Å². The molecule has 0 atom stereocenters. The highest BCUT2D eigenvalue weighted by Gasteiger charge is 2.25. The molecule has 0 aromatic heterocycles. The molecule has 0 unspecified atom stereocenters.